The molecule has 1 aliphatic heterocycles. The molecule has 4 heterocycles. The number of nitrogens with one attached hydrogen (secondary N) is 1. The van der Waals surface area contributed by atoms with Crippen LogP contribution in [0, 0.1) is 0 Å². The first kappa shape index (κ1) is 26.5. The van der Waals surface area contributed by atoms with Gasteiger partial charge in [0.1, 0.15) is 5.39 Å². The summed E-state index contributed by atoms with van der Waals surface area (Å²) in [5, 5.41) is 4.86. The van der Waals surface area contributed by atoms with Gasteiger partial charge in [-0.15, -0.1) is 0 Å². The van der Waals surface area contributed by atoms with Crippen molar-refractivity contribution < 1.29 is 0 Å². The molecule has 0 radical (unpaired) electrons. The summed E-state index contributed by atoms with van der Waals surface area (Å²) in [6.07, 6.45) is 4.94. The normalized spacial score (nSPS) is 14.1. The van der Waals surface area contributed by atoms with E-state index < -0.39 is 0 Å². The quantitative estimate of drug-likeness (QED) is 0.260. The minimum absolute atomic E-state index is 0.291. The summed E-state index contributed by atoms with van der Waals surface area (Å²) in [5.41, 5.74) is 3.97. The van der Waals surface area contributed by atoms with Crippen molar-refractivity contribution >= 4 is 57.3 Å². The third kappa shape index (κ3) is 5.07. The maximum atomic E-state index is 13.5. The lowest BCUT2D eigenvalue weighted by Crippen LogP contribution is -2.45. The van der Waals surface area contributed by atoms with Crippen molar-refractivity contribution in [3.8, 4) is 5.69 Å². The first-order valence-corrected chi connectivity index (χ1v) is 14.4. The van der Waals surface area contributed by atoms with Crippen molar-refractivity contribution in [2.45, 2.75) is 6.54 Å². The predicted molar refractivity (Wildman–Crippen MR) is 168 cm³/mol. The Bertz CT molecular complexity index is 1960. The first-order valence-electron chi connectivity index (χ1n) is 13.6. The van der Waals surface area contributed by atoms with E-state index in [9.17, 15) is 4.79 Å². The Hall–Kier alpha value is -4.44. The summed E-state index contributed by atoms with van der Waals surface area (Å²) in [4.78, 5) is 31.9. The van der Waals surface area contributed by atoms with Crippen molar-refractivity contribution in [1.82, 2.24) is 28.8 Å². The van der Waals surface area contributed by atoms with Gasteiger partial charge in [-0.25, -0.2) is 14.5 Å². The molecular weight excluding hydrogens is 571 g/mol. The van der Waals surface area contributed by atoms with Gasteiger partial charge in [-0.05, 0) is 54.1 Å². The van der Waals surface area contributed by atoms with E-state index in [1.165, 1.54) is 22.0 Å². The summed E-state index contributed by atoms with van der Waals surface area (Å²) in [6, 6.07) is 23.5. The zero-order chi connectivity index (χ0) is 28.6. The fourth-order valence-electron chi connectivity index (χ4n) is 5.40. The van der Waals surface area contributed by atoms with Crippen LogP contribution in [0.1, 0.15) is 5.56 Å². The number of benzene rings is 3. The summed E-state index contributed by atoms with van der Waals surface area (Å²) < 4.78 is 3.25. The highest BCUT2D eigenvalue weighted by Crippen LogP contribution is 2.24. The number of imidazole rings is 1. The topological polar surface area (TPSA) is 83.6 Å². The van der Waals surface area contributed by atoms with E-state index in [4.69, 9.17) is 23.2 Å². The van der Waals surface area contributed by atoms with Crippen LogP contribution in [-0.4, -0.2) is 55.0 Å². The van der Waals surface area contributed by atoms with E-state index in [1.54, 1.807) is 28.9 Å². The van der Waals surface area contributed by atoms with E-state index in [2.05, 4.69) is 48.3 Å². The molecule has 1 N–H and O–H groups in total. The van der Waals surface area contributed by atoms with Gasteiger partial charge in [-0.2, -0.15) is 4.98 Å². The Balaban J connectivity index is 1.08. The van der Waals surface area contributed by atoms with E-state index in [-0.39, 0.29) is 5.56 Å². The van der Waals surface area contributed by atoms with Gasteiger partial charge in [0.05, 0.1) is 10.7 Å². The number of fused-ring (bicyclic) bond motifs is 3. The Morgan fingerprint density at radius 1 is 0.881 bits per heavy atom. The summed E-state index contributed by atoms with van der Waals surface area (Å²) in [5.74, 6) is 0.803. The average Bonchev–Trinajstić information content (AvgIpc) is 3.49. The van der Waals surface area contributed by atoms with Crippen molar-refractivity contribution in [2.24, 2.45) is 0 Å². The zero-order valence-electron chi connectivity index (χ0n) is 22.5. The molecule has 6 aromatic rings. The molecule has 7 rings (SSSR count). The van der Waals surface area contributed by atoms with Crippen LogP contribution in [0.3, 0.4) is 0 Å². The standard InChI is InChI=1S/C31H26Cl2N8O/c32-22-5-3-4-21(18-22)20-38-14-16-39(17-15-38)24-10-8-23(9-11-24)36-30-35-19-25-28(37-30)40-13-12-34-31(40)41(29(25)42)27-7-2-1-6-26(27)33/h1-13,18-19H,14-17,20H2,(H,35,36,37). The molecule has 1 aliphatic rings. The van der Waals surface area contributed by atoms with E-state index in [1.807, 2.05) is 42.5 Å². The van der Waals surface area contributed by atoms with Crippen LogP contribution >= 0.6 is 23.2 Å². The van der Waals surface area contributed by atoms with Crippen LogP contribution in [-0.2, 0) is 6.54 Å². The van der Waals surface area contributed by atoms with Crippen LogP contribution in [0.2, 0.25) is 10.0 Å². The molecular formula is C31H26Cl2N8O. The van der Waals surface area contributed by atoms with Crippen molar-refractivity contribution in [2.75, 3.05) is 36.4 Å². The second kappa shape index (κ2) is 11.1. The monoisotopic (exact) mass is 596 g/mol. The van der Waals surface area contributed by atoms with Gasteiger partial charge in [0.2, 0.25) is 11.7 Å². The molecule has 0 unspecified atom stereocenters. The van der Waals surface area contributed by atoms with E-state index in [0.717, 1.165) is 43.4 Å². The summed E-state index contributed by atoms with van der Waals surface area (Å²) in [7, 11) is 0. The lowest BCUT2D eigenvalue weighted by Gasteiger charge is -2.36. The third-order valence-corrected chi connectivity index (χ3v) is 8.06. The fourth-order valence-corrected chi connectivity index (χ4v) is 5.83. The zero-order valence-corrected chi connectivity index (χ0v) is 24.0. The second-order valence-electron chi connectivity index (χ2n) is 10.2. The average molecular weight is 598 g/mol. The van der Waals surface area contributed by atoms with Crippen LogP contribution in [0.15, 0.2) is 96.2 Å². The lowest BCUT2D eigenvalue weighted by molar-refractivity contribution is 0.250. The van der Waals surface area contributed by atoms with Gasteiger partial charge in [-0.3, -0.25) is 14.1 Å². The molecule has 0 atom stereocenters. The molecule has 3 aromatic heterocycles. The fraction of sp³-hybridized carbons (Fsp3) is 0.161. The summed E-state index contributed by atoms with van der Waals surface area (Å²) >= 11 is 12.6. The van der Waals surface area contributed by atoms with Gasteiger partial charge in [0, 0.05) is 67.7 Å². The molecule has 0 bridgehead atoms. The number of rotatable bonds is 6. The molecule has 210 valence electrons. The maximum Gasteiger partial charge on any atom is 0.270 e. The van der Waals surface area contributed by atoms with Crippen molar-refractivity contribution in [3.05, 3.63) is 117 Å². The molecule has 0 aliphatic carbocycles. The molecule has 1 saturated heterocycles. The first-order chi connectivity index (χ1) is 20.5. The van der Waals surface area contributed by atoms with Crippen LogP contribution in [0.25, 0.3) is 22.5 Å². The number of anilines is 3. The SMILES string of the molecule is O=c1c2cnc(Nc3ccc(N4CCN(Cc5cccc(Cl)c5)CC4)cc3)nc2n2ccnc2n1-c1ccccc1Cl. The highest BCUT2D eigenvalue weighted by molar-refractivity contribution is 6.32. The molecule has 3 aromatic carbocycles. The largest absolute Gasteiger partial charge is 0.369 e. The molecule has 0 saturated carbocycles. The van der Waals surface area contributed by atoms with E-state index in [0.29, 0.717) is 33.5 Å². The predicted octanol–water partition coefficient (Wildman–Crippen LogP) is 5.80. The molecule has 9 nitrogen and oxygen atoms in total. The Kier molecular flexibility index (Phi) is 6.99. The van der Waals surface area contributed by atoms with Gasteiger partial charge in [0.25, 0.3) is 5.56 Å². The van der Waals surface area contributed by atoms with Gasteiger partial charge in [0.15, 0.2) is 5.65 Å². The highest BCUT2D eigenvalue weighted by Gasteiger charge is 2.19. The highest BCUT2D eigenvalue weighted by atomic mass is 35.5. The van der Waals surface area contributed by atoms with Gasteiger partial charge >= 0.3 is 0 Å². The van der Waals surface area contributed by atoms with E-state index >= 15 is 0 Å². The van der Waals surface area contributed by atoms with Crippen molar-refractivity contribution in [3.63, 3.8) is 0 Å². The lowest BCUT2D eigenvalue weighted by atomic mass is 10.2. The van der Waals surface area contributed by atoms with Crippen LogP contribution in [0.4, 0.5) is 17.3 Å². The van der Waals surface area contributed by atoms with Gasteiger partial charge < -0.3 is 10.2 Å². The molecule has 42 heavy (non-hydrogen) atoms. The van der Waals surface area contributed by atoms with Gasteiger partial charge in [-0.1, -0.05) is 47.5 Å². The Morgan fingerprint density at radius 2 is 1.69 bits per heavy atom. The Morgan fingerprint density at radius 3 is 2.48 bits per heavy atom. The van der Waals surface area contributed by atoms with Crippen molar-refractivity contribution in [1.29, 1.82) is 0 Å². The number of para-hydroxylation sites is 1. The molecule has 11 heteroatoms. The van der Waals surface area contributed by atoms with Crippen LogP contribution < -0.4 is 15.8 Å². The number of nitrogens with zero attached hydrogens (tertiary/aromatic N) is 7. The Labute approximate surface area is 251 Å². The number of hydrogen-bond acceptors (Lipinski definition) is 7. The molecule has 1 fully saturated rings. The minimum Gasteiger partial charge on any atom is -0.369 e. The molecule has 0 spiro atoms. The van der Waals surface area contributed by atoms with Crippen LogP contribution in [0.5, 0.6) is 0 Å². The number of hydrogen-bond donors (Lipinski definition) is 1. The smallest absolute Gasteiger partial charge is 0.270 e. The number of halogens is 2. The number of aromatic nitrogens is 5. The minimum atomic E-state index is -0.291. The third-order valence-electron chi connectivity index (χ3n) is 7.50. The number of piperazine rings is 1. The molecule has 0 amide bonds. The second-order valence-corrected chi connectivity index (χ2v) is 11.0. The maximum absolute atomic E-state index is 13.5. The summed E-state index contributed by atoms with van der Waals surface area (Å²) in [6.45, 7) is 4.78.